The number of hydrogen-bond acceptors (Lipinski definition) is 1. The second kappa shape index (κ2) is 5.96. The lowest BCUT2D eigenvalue weighted by Crippen LogP contribution is -1.89. The van der Waals surface area contributed by atoms with Gasteiger partial charge >= 0.3 is 0 Å². The molecule has 0 aliphatic heterocycles. The molecule has 0 saturated carbocycles. The highest BCUT2D eigenvalue weighted by Gasteiger charge is 2.12. The zero-order valence-electron chi connectivity index (χ0n) is 14.7. The fraction of sp³-hybridized carbons (Fsp3) is 0.0800. The maximum Gasteiger partial charge on any atom is 0.0721 e. The van der Waals surface area contributed by atoms with Gasteiger partial charge in [-0.15, -0.1) is 0 Å². The van der Waals surface area contributed by atoms with E-state index < -0.39 is 0 Å². The lowest BCUT2D eigenvalue weighted by atomic mass is 9.99. The van der Waals surface area contributed by atoms with E-state index in [1.807, 2.05) is 0 Å². The van der Waals surface area contributed by atoms with Crippen molar-refractivity contribution in [2.75, 3.05) is 0 Å². The van der Waals surface area contributed by atoms with E-state index in [2.05, 4.69) is 91.9 Å². The molecule has 26 heavy (non-hydrogen) atoms. The van der Waals surface area contributed by atoms with Gasteiger partial charge in [0, 0.05) is 10.9 Å². The Morgan fingerprint density at radius 1 is 0.692 bits per heavy atom. The van der Waals surface area contributed by atoms with E-state index in [1.165, 1.54) is 33.2 Å². The van der Waals surface area contributed by atoms with Crippen LogP contribution in [0.25, 0.3) is 45.4 Å². The smallest absolute Gasteiger partial charge is 0.0721 e. The Morgan fingerprint density at radius 3 is 2.31 bits per heavy atom. The van der Waals surface area contributed by atoms with Gasteiger partial charge in [0.15, 0.2) is 0 Å². The van der Waals surface area contributed by atoms with Crippen molar-refractivity contribution < 1.29 is 0 Å². The second-order valence-corrected chi connectivity index (χ2v) is 6.80. The molecule has 124 valence electrons. The molecular weight excluding hydrogens is 314 g/mol. The van der Waals surface area contributed by atoms with Gasteiger partial charge in [0.2, 0.25) is 0 Å². The Morgan fingerprint density at radius 2 is 1.46 bits per heavy atom. The van der Waals surface area contributed by atoms with E-state index in [-0.39, 0.29) is 0 Å². The number of hydrogen-bond donors (Lipinski definition) is 0. The minimum atomic E-state index is 1.03. The van der Waals surface area contributed by atoms with Crippen LogP contribution in [0, 0.1) is 0 Å². The third kappa shape index (κ3) is 2.44. The lowest BCUT2D eigenvalue weighted by molar-refractivity contribution is 1.14. The van der Waals surface area contributed by atoms with E-state index in [0.29, 0.717) is 0 Å². The molecular formula is C25H19N. The molecule has 1 heteroatoms. The fourth-order valence-corrected chi connectivity index (χ4v) is 3.74. The molecule has 5 rings (SSSR count). The molecule has 3 aromatic carbocycles. The maximum atomic E-state index is 4.93. The highest BCUT2D eigenvalue weighted by atomic mass is 14.7. The van der Waals surface area contributed by atoms with Crippen molar-refractivity contribution in [1.82, 2.24) is 4.98 Å². The predicted octanol–water partition coefficient (Wildman–Crippen LogP) is 6.62. The standard InChI is InChI=1S/C25H19N/c1-2-17-9-11-18(12-10-17)20-6-3-7-21(15-20)24-16-22-14-13-19-5-4-8-23(26-24)25(19)22/h3-16H,2H2,1H3. The van der Waals surface area contributed by atoms with E-state index >= 15 is 0 Å². The molecule has 0 unspecified atom stereocenters. The summed E-state index contributed by atoms with van der Waals surface area (Å²) in [5, 5.41) is 1.27. The van der Waals surface area contributed by atoms with Gasteiger partial charge in [-0.25, -0.2) is 4.98 Å². The normalized spacial score (nSPS) is 12.0. The van der Waals surface area contributed by atoms with Crippen molar-refractivity contribution in [1.29, 1.82) is 0 Å². The van der Waals surface area contributed by atoms with Crippen LogP contribution >= 0.6 is 0 Å². The molecule has 0 bridgehead atoms. The summed E-state index contributed by atoms with van der Waals surface area (Å²) in [7, 11) is 0. The van der Waals surface area contributed by atoms with E-state index in [1.54, 1.807) is 0 Å². The third-order valence-corrected chi connectivity index (χ3v) is 5.19. The quantitative estimate of drug-likeness (QED) is 0.362. The van der Waals surface area contributed by atoms with Crippen molar-refractivity contribution in [3.05, 3.63) is 89.5 Å². The van der Waals surface area contributed by atoms with Crippen LogP contribution in [-0.4, -0.2) is 4.98 Å². The molecule has 0 fully saturated rings. The Balaban J connectivity index is 1.61. The van der Waals surface area contributed by atoms with Gasteiger partial charge in [-0.3, -0.25) is 0 Å². The summed E-state index contributed by atoms with van der Waals surface area (Å²) < 4.78 is 0. The minimum Gasteiger partial charge on any atom is -0.248 e. The molecule has 4 aromatic rings. The zero-order valence-corrected chi connectivity index (χ0v) is 14.7. The van der Waals surface area contributed by atoms with E-state index in [4.69, 9.17) is 4.98 Å². The van der Waals surface area contributed by atoms with Crippen LogP contribution in [0.5, 0.6) is 0 Å². The van der Waals surface area contributed by atoms with Gasteiger partial charge in [0.25, 0.3) is 0 Å². The number of aryl methyl sites for hydroxylation is 1. The molecule has 0 N–H and O–H groups in total. The first-order valence-corrected chi connectivity index (χ1v) is 9.13. The summed E-state index contributed by atoms with van der Waals surface area (Å²) in [5.41, 5.74) is 9.63. The Kier molecular flexibility index (Phi) is 3.46. The molecule has 1 aromatic heterocycles. The Bertz CT molecular complexity index is 1150. The monoisotopic (exact) mass is 333 g/mol. The van der Waals surface area contributed by atoms with Gasteiger partial charge in [0.1, 0.15) is 0 Å². The van der Waals surface area contributed by atoms with Gasteiger partial charge < -0.3 is 0 Å². The van der Waals surface area contributed by atoms with E-state index in [9.17, 15) is 0 Å². The van der Waals surface area contributed by atoms with Gasteiger partial charge in [-0.2, -0.15) is 0 Å². The topological polar surface area (TPSA) is 12.9 Å². The summed E-state index contributed by atoms with van der Waals surface area (Å²) in [6.45, 7) is 2.19. The first-order chi connectivity index (χ1) is 12.8. The molecule has 0 spiro atoms. The number of pyridine rings is 1. The average molecular weight is 333 g/mol. The SMILES string of the molecule is CCc1ccc(-c2cccc(-c3cc4c5c(cccc5n3)C=C4)c2)cc1. The number of nitrogens with zero attached hydrogens (tertiary/aromatic N) is 1. The second-order valence-electron chi connectivity index (χ2n) is 6.80. The van der Waals surface area contributed by atoms with Crippen molar-refractivity contribution in [2.24, 2.45) is 0 Å². The summed E-state index contributed by atoms with van der Waals surface area (Å²) >= 11 is 0. The lowest BCUT2D eigenvalue weighted by Gasteiger charge is -2.09. The van der Waals surface area contributed by atoms with Crippen LogP contribution in [0.4, 0.5) is 0 Å². The van der Waals surface area contributed by atoms with Gasteiger partial charge in [0.05, 0.1) is 11.2 Å². The molecule has 1 aliphatic carbocycles. The third-order valence-electron chi connectivity index (χ3n) is 5.19. The molecule has 0 atom stereocenters. The van der Waals surface area contributed by atoms with Crippen molar-refractivity contribution in [3.63, 3.8) is 0 Å². The summed E-state index contributed by atoms with van der Waals surface area (Å²) in [6, 6.07) is 26.1. The van der Waals surface area contributed by atoms with Crippen LogP contribution in [0.15, 0.2) is 72.8 Å². The summed E-state index contributed by atoms with van der Waals surface area (Å²) in [5.74, 6) is 0. The van der Waals surface area contributed by atoms with Gasteiger partial charge in [-0.05, 0) is 52.4 Å². The Labute approximate surface area is 153 Å². The molecule has 0 amide bonds. The van der Waals surface area contributed by atoms with Crippen LogP contribution in [0.3, 0.4) is 0 Å². The highest BCUT2D eigenvalue weighted by molar-refractivity contribution is 6.04. The first kappa shape index (κ1) is 15.1. The average Bonchev–Trinajstić information content (AvgIpc) is 3.13. The first-order valence-electron chi connectivity index (χ1n) is 9.13. The number of rotatable bonds is 3. The van der Waals surface area contributed by atoms with Gasteiger partial charge in [-0.1, -0.05) is 73.7 Å². The molecule has 1 aliphatic rings. The van der Waals surface area contributed by atoms with Crippen LogP contribution < -0.4 is 0 Å². The molecule has 1 nitrogen and oxygen atoms in total. The summed E-state index contributed by atoms with van der Waals surface area (Å²) in [4.78, 5) is 4.93. The zero-order chi connectivity index (χ0) is 17.5. The fourth-order valence-electron chi connectivity index (χ4n) is 3.74. The molecule has 0 saturated heterocycles. The van der Waals surface area contributed by atoms with Crippen molar-refractivity contribution in [2.45, 2.75) is 13.3 Å². The summed E-state index contributed by atoms with van der Waals surface area (Å²) in [6.07, 6.45) is 5.44. The Hall–Kier alpha value is -3.19. The predicted molar refractivity (Wildman–Crippen MR) is 111 cm³/mol. The van der Waals surface area contributed by atoms with Crippen molar-refractivity contribution >= 4 is 23.1 Å². The number of aromatic nitrogens is 1. The highest BCUT2D eigenvalue weighted by Crippen LogP contribution is 2.34. The van der Waals surface area contributed by atoms with Crippen LogP contribution in [0.2, 0.25) is 0 Å². The minimum absolute atomic E-state index is 1.03. The van der Waals surface area contributed by atoms with Crippen LogP contribution in [-0.2, 0) is 6.42 Å². The van der Waals surface area contributed by atoms with E-state index in [0.717, 1.165) is 23.2 Å². The largest absolute Gasteiger partial charge is 0.248 e. The number of benzene rings is 3. The molecule has 1 heterocycles. The molecule has 0 radical (unpaired) electrons. The van der Waals surface area contributed by atoms with Crippen molar-refractivity contribution in [3.8, 4) is 22.4 Å². The van der Waals surface area contributed by atoms with Crippen LogP contribution in [0.1, 0.15) is 23.6 Å². The maximum absolute atomic E-state index is 4.93.